The zero-order valence-corrected chi connectivity index (χ0v) is 23.9. The summed E-state index contributed by atoms with van der Waals surface area (Å²) >= 11 is 0. The lowest BCUT2D eigenvalue weighted by Crippen LogP contribution is -2.43. The number of hydrogen-bond donors (Lipinski definition) is 2. The Balaban J connectivity index is 1.43. The lowest BCUT2D eigenvalue weighted by atomic mass is 9.83. The molecule has 1 saturated heterocycles. The lowest BCUT2D eigenvalue weighted by Gasteiger charge is -2.38. The number of anilines is 1. The molecule has 1 heterocycles. The van der Waals surface area contributed by atoms with Gasteiger partial charge in [-0.25, -0.2) is 4.39 Å². The maximum atomic E-state index is 14.8. The summed E-state index contributed by atoms with van der Waals surface area (Å²) in [5.74, 6) is -0.789. The topological polar surface area (TPSA) is 55.8 Å². The first kappa shape index (κ1) is 32.0. The Labute approximate surface area is 235 Å². The first-order valence-electron chi connectivity index (χ1n) is 14.4. The normalized spacial score (nSPS) is 16.7. The Bertz CT molecular complexity index is 1100. The minimum atomic E-state index is -4.46. The molecule has 0 spiro atoms. The highest BCUT2D eigenvalue weighted by Gasteiger charge is 2.37. The van der Waals surface area contributed by atoms with E-state index >= 15 is 0 Å². The van der Waals surface area contributed by atoms with Crippen LogP contribution in [0.25, 0.3) is 0 Å². The van der Waals surface area contributed by atoms with Crippen LogP contribution in [0.1, 0.15) is 80.8 Å². The summed E-state index contributed by atoms with van der Waals surface area (Å²) in [4.78, 5) is 17.1. The van der Waals surface area contributed by atoms with E-state index < -0.39 is 23.2 Å². The number of carbonyl (C=O) groups is 1. The third-order valence-corrected chi connectivity index (χ3v) is 7.98. The van der Waals surface area contributed by atoms with E-state index in [0.717, 1.165) is 44.6 Å². The van der Waals surface area contributed by atoms with Crippen molar-refractivity contribution in [3.05, 3.63) is 65.0 Å². The summed E-state index contributed by atoms with van der Waals surface area (Å²) in [6.45, 7) is 11.1. The number of hydrogen-bond acceptors (Lipinski definition) is 5. The van der Waals surface area contributed by atoms with Gasteiger partial charge in [-0.3, -0.25) is 4.79 Å². The smallest absolute Gasteiger partial charge is 0.385 e. The molecule has 222 valence electrons. The van der Waals surface area contributed by atoms with Crippen LogP contribution in [0.5, 0.6) is 0 Å². The van der Waals surface area contributed by atoms with Crippen molar-refractivity contribution in [1.29, 1.82) is 0 Å². The average molecular weight is 566 g/mol. The van der Waals surface area contributed by atoms with Gasteiger partial charge in [0.25, 0.3) is 0 Å². The van der Waals surface area contributed by atoms with E-state index in [2.05, 4.69) is 35.9 Å². The van der Waals surface area contributed by atoms with Crippen LogP contribution in [0.4, 0.5) is 23.2 Å². The van der Waals surface area contributed by atoms with Crippen LogP contribution in [0.3, 0.4) is 0 Å². The molecule has 1 unspecified atom stereocenters. The lowest BCUT2D eigenvalue weighted by molar-refractivity contribution is -0.137. The summed E-state index contributed by atoms with van der Waals surface area (Å²) in [5.41, 5.74) is -1.06. The Hall–Kier alpha value is -2.49. The van der Waals surface area contributed by atoms with Gasteiger partial charge < -0.3 is 20.2 Å². The molecule has 1 atom stereocenters. The molecule has 0 saturated carbocycles. The van der Waals surface area contributed by atoms with Crippen molar-refractivity contribution in [3.8, 4) is 0 Å². The number of ketones is 1. The van der Waals surface area contributed by atoms with Crippen molar-refractivity contribution in [2.24, 2.45) is 0 Å². The maximum Gasteiger partial charge on any atom is 0.416 e. The van der Waals surface area contributed by atoms with Gasteiger partial charge in [0.15, 0.2) is 5.78 Å². The number of alkyl halides is 3. The number of benzene rings is 2. The standard InChI is InChI=1S/C31H43F4N3O2/c1-4-37(5-2)17-7-9-23(3)36-26-13-14-27(28(32)22-26)29(39)12-8-18-38-19-15-30(40,16-20-38)24-10-6-11-25(21-24)31(33,34)35/h6,10-11,13-14,21-23,36,40H,4-5,7-9,12,15-20H2,1-3H3. The first-order valence-corrected chi connectivity index (χ1v) is 14.4. The number of aliphatic hydroxyl groups is 1. The molecule has 0 aliphatic carbocycles. The highest BCUT2D eigenvalue weighted by molar-refractivity contribution is 5.96. The molecule has 1 aliphatic rings. The van der Waals surface area contributed by atoms with Crippen molar-refractivity contribution in [2.75, 3.05) is 44.6 Å². The molecule has 0 bridgehead atoms. The molecule has 40 heavy (non-hydrogen) atoms. The molecule has 5 nitrogen and oxygen atoms in total. The van der Waals surface area contributed by atoms with Gasteiger partial charge in [0.2, 0.25) is 0 Å². The summed E-state index contributed by atoms with van der Waals surface area (Å²) in [5, 5.41) is 14.3. The van der Waals surface area contributed by atoms with Crippen molar-refractivity contribution >= 4 is 11.5 Å². The largest absolute Gasteiger partial charge is 0.416 e. The fourth-order valence-electron chi connectivity index (χ4n) is 5.37. The van der Waals surface area contributed by atoms with Gasteiger partial charge in [-0.1, -0.05) is 26.0 Å². The Morgan fingerprint density at radius 1 is 1.10 bits per heavy atom. The number of nitrogens with zero attached hydrogens (tertiary/aromatic N) is 2. The van der Waals surface area contributed by atoms with Crippen LogP contribution >= 0.6 is 0 Å². The molecule has 0 aromatic heterocycles. The monoisotopic (exact) mass is 565 g/mol. The predicted molar refractivity (Wildman–Crippen MR) is 151 cm³/mol. The fraction of sp³-hybridized carbons (Fsp3) is 0.581. The molecular weight excluding hydrogens is 522 g/mol. The molecule has 2 aromatic carbocycles. The van der Waals surface area contributed by atoms with E-state index in [1.807, 2.05) is 0 Å². The molecule has 1 fully saturated rings. The van der Waals surface area contributed by atoms with Crippen molar-refractivity contribution in [2.45, 2.75) is 77.1 Å². The van der Waals surface area contributed by atoms with E-state index in [0.29, 0.717) is 44.6 Å². The second-order valence-corrected chi connectivity index (χ2v) is 10.9. The van der Waals surface area contributed by atoms with Crippen LogP contribution in [-0.4, -0.2) is 66.0 Å². The SMILES string of the molecule is CCN(CC)CCCC(C)Nc1ccc(C(=O)CCCN2CCC(O)(c3cccc(C(F)(F)F)c3)CC2)c(F)c1. The third-order valence-electron chi connectivity index (χ3n) is 7.98. The Morgan fingerprint density at radius 2 is 1.80 bits per heavy atom. The van der Waals surface area contributed by atoms with Gasteiger partial charge in [0.05, 0.1) is 16.7 Å². The van der Waals surface area contributed by atoms with Crippen LogP contribution in [0.15, 0.2) is 42.5 Å². The van der Waals surface area contributed by atoms with Gasteiger partial charge in [0, 0.05) is 31.2 Å². The van der Waals surface area contributed by atoms with Crippen LogP contribution in [0.2, 0.25) is 0 Å². The number of halogens is 4. The second kappa shape index (κ2) is 14.4. The van der Waals surface area contributed by atoms with Gasteiger partial charge in [0.1, 0.15) is 5.82 Å². The van der Waals surface area contributed by atoms with Gasteiger partial charge in [-0.05, 0) is 101 Å². The van der Waals surface area contributed by atoms with Gasteiger partial charge in [-0.15, -0.1) is 0 Å². The number of rotatable bonds is 14. The molecule has 2 aromatic rings. The zero-order valence-electron chi connectivity index (χ0n) is 23.9. The summed E-state index contributed by atoms with van der Waals surface area (Å²) in [6, 6.07) is 9.74. The quantitative estimate of drug-likeness (QED) is 0.197. The number of piperidine rings is 1. The molecule has 9 heteroatoms. The van der Waals surface area contributed by atoms with E-state index in [9.17, 15) is 27.5 Å². The molecule has 0 amide bonds. The van der Waals surface area contributed by atoms with E-state index in [4.69, 9.17) is 0 Å². The highest BCUT2D eigenvalue weighted by atomic mass is 19.4. The summed E-state index contributed by atoms with van der Waals surface area (Å²) < 4.78 is 54.0. The number of likely N-dealkylation sites (tertiary alicyclic amines) is 1. The van der Waals surface area contributed by atoms with Gasteiger partial charge in [-0.2, -0.15) is 13.2 Å². The van der Waals surface area contributed by atoms with Crippen LogP contribution < -0.4 is 5.32 Å². The number of nitrogens with one attached hydrogen (secondary N) is 1. The van der Waals surface area contributed by atoms with E-state index in [1.165, 1.54) is 18.2 Å². The predicted octanol–water partition coefficient (Wildman–Crippen LogP) is 6.71. The van der Waals surface area contributed by atoms with E-state index in [-0.39, 0.29) is 29.4 Å². The van der Waals surface area contributed by atoms with Crippen LogP contribution in [0, 0.1) is 5.82 Å². The van der Waals surface area contributed by atoms with Crippen molar-refractivity contribution in [1.82, 2.24) is 9.80 Å². The number of Topliss-reactive ketones (excluding diaryl/α,β-unsaturated/α-hetero) is 1. The molecule has 3 rings (SSSR count). The average Bonchev–Trinajstić information content (AvgIpc) is 2.92. The highest BCUT2D eigenvalue weighted by Crippen LogP contribution is 2.36. The molecule has 0 radical (unpaired) electrons. The third kappa shape index (κ3) is 9.01. The van der Waals surface area contributed by atoms with Crippen LogP contribution in [-0.2, 0) is 11.8 Å². The fourth-order valence-corrected chi connectivity index (χ4v) is 5.37. The van der Waals surface area contributed by atoms with Crippen molar-refractivity contribution in [3.63, 3.8) is 0 Å². The summed E-state index contributed by atoms with van der Waals surface area (Å²) in [6.07, 6.45) is -1.11. The van der Waals surface area contributed by atoms with E-state index in [1.54, 1.807) is 12.1 Å². The van der Waals surface area contributed by atoms with Gasteiger partial charge >= 0.3 is 6.18 Å². The molecular formula is C31H43F4N3O2. The Morgan fingerprint density at radius 3 is 2.42 bits per heavy atom. The summed E-state index contributed by atoms with van der Waals surface area (Å²) in [7, 11) is 0. The number of carbonyl (C=O) groups excluding carboxylic acids is 1. The molecule has 2 N–H and O–H groups in total. The first-order chi connectivity index (χ1) is 18.9. The maximum absolute atomic E-state index is 14.8. The Kier molecular flexibility index (Phi) is 11.5. The zero-order chi connectivity index (χ0) is 29.3. The minimum Gasteiger partial charge on any atom is -0.385 e. The van der Waals surface area contributed by atoms with Crippen molar-refractivity contribution < 1.29 is 27.5 Å². The molecule has 1 aliphatic heterocycles. The minimum absolute atomic E-state index is 0.0808. The second-order valence-electron chi connectivity index (χ2n) is 10.9.